The fraction of sp³-hybridized carbons (Fsp3) is 0.625. The lowest BCUT2D eigenvalue weighted by atomic mass is 10.0. The van der Waals surface area contributed by atoms with Crippen LogP contribution in [0.4, 0.5) is 5.69 Å². The van der Waals surface area contributed by atoms with E-state index in [1.807, 2.05) is 0 Å². The number of hydrogen-bond donors (Lipinski definition) is 1. The molecule has 1 N–H and O–H groups in total. The van der Waals surface area contributed by atoms with Gasteiger partial charge in [0.2, 0.25) is 0 Å². The van der Waals surface area contributed by atoms with Crippen molar-refractivity contribution >= 4 is 5.69 Å². The summed E-state index contributed by atoms with van der Waals surface area (Å²) in [6.45, 7) is 11.4. The molecule has 1 heterocycles. The van der Waals surface area contributed by atoms with Crippen LogP contribution in [-0.2, 0) is 6.42 Å². The molecule has 0 amide bonds. The highest BCUT2D eigenvalue weighted by Gasteiger charge is 2.24. The monoisotopic (exact) mass is 246 g/mol. The van der Waals surface area contributed by atoms with Gasteiger partial charge >= 0.3 is 0 Å². The number of anilines is 1. The van der Waals surface area contributed by atoms with Crippen molar-refractivity contribution in [3.63, 3.8) is 0 Å². The molecule has 0 aliphatic carbocycles. The van der Waals surface area contributed by atoms with E-state index in [9.17, 15) is 0 Å². The molecule has 1 aromatic carbocycles. The van der Waals surface area contributed by atoms with E-state index < -0.39 is 0 Å². The molecule has 0 radical (unpaired) electrons. The van der Waals surface area contributed by atoms with Gasteiger partial charge in [-0.15, -0.1) is 0 Å². The lowest BCUT2D eigenvalue weighted by Gasteiger charge is -2.22. The Kier molecular flexibility index (Phi) is 4.28. The van der Waals surface area contributed by atoms with Crippen molar-refractivity contribution in [1.29, 1.82) is 0 Å². The second-order valence-corrected chi connectivity index (χ2v) is 5.68. The molecule has 1 saturated heterocycles. The molecule has 1 fully saturated rings. The smallest absolute Gasteiger partial charge is 0.0404 e. The second kappa shape index (κ2) is 5.75. The Labute approximate surface area is 111 Å². The van der Waals surface area contributed by atoms with Crippen LogP contribution < -0.4 is 5.32 Å². The number of aryl methyl sites for hydroxylation is 2. The maximum Gasteiger partial charge on any atom is 0.0404 e. The Bertz CT molecular complexity index is 398. The highest BCUT2D eigenvalue weighted by atomic mass is 15.2. The topological polar surface area (TPSA) is 15.3 Å². The molecule has 1 aliphatic rings. The molecule has 100 valence electrons. The van der Waals surface area contributed by atoms with Gasteiger partial charge < -0.3 is 5.32 Å². The van der Waals surface area contributed by atoms with Gasteiger partial charge in [-0.3, -0.25) is 4.90 Å². The SMILES string of the molecule is CCc1cccc(C)c1NC1CCN(C(C)C)C1. The molecule has 2 nitrogen and oxygen atoms in total. The Balaban J connectivity index is 2.06. The van der Waals surface area contributed by atoms with Gasteiger partial charge in [0.25, 0.3) is 0 Å². The summed E-state index contributed by atoms with van der Waals surface area (Å²) in [5.74, 6) is 0. The van der Waals surface area contributed by atoms with Gasteiger partial charge in [-0.05, 0) is 44.7 Å². The highest BCUT2D eigenvalue weighted by Crippen LogP contribution is 2.24. The minimum Gasteiger partial charge on any atom is -0.381 e. The van der Waals surface area contributed by atoms with Crippen molar-refractivity contribution in [3.8, 4) is 0 Å². The molecule has 0 saturated carbocycles. The van der Waals surface area contributed by atoms with Crippen LogP contribution in [0, 0.1) is 6.92 Å². The predicted octanol–water partition coefficient (Wildman–Crippen LogP) is 3.45. The van der Waals surface area contributed by atoms with Crippen molar-refractivity contribution in [2.75, 3.05) is 18.4 Å². The van der Waals surface area contributed by atoms with Crippen LogP contribution in [0.2, 0.25) is 0 Å². The lowest BCUT2D eigenvalue weighted by molar-refractivity contribution is 0.274. The maximum atomic E-state index is 3.77. The minimum atomic E-state index is 0.610. The predicted molar refractivity (Wildman–Crippen MR) is 79.3 cm³/mol. The number of para-hydroxylation sites is 1. The summed E-state index contributed by atoms with van der Waals surface area (Å²) in [6, 6.07) is 7.88. The van der Waals surface area contributed by atoms with E-state index in [4.69, 9.17) is 0 Å². The van der Waals surface area contributed by atoms with E-state index in [1.165, 1.54) is 36.3 Å². The zero-order chi connectivity index (χ0) is 13.1. The third-order valence-electron chi connectivity index (χ3n) is 4.04. The fourth-order valence-corrected chi connectivity index (χ4v) is 2.81. The van der Waals surface area contributed by atoms with E-state index in [0.29, 0.717) is 12.1 Å². The summed E-state index contributed by atoms with van der Waals surface area (Å²) in [6.07, 6.45) is 2.36. The number of benzene rings is 1. The number of likely N-dealkylation sites (tertiary alicyclic amines) is 1. The second-order valence-electron chi connectivity index (χ2n) is 5.68. The normalized spacial score (nSPS) is 20.6. The van der Waals surface area contributed by atoms with Crippen LogP contribution in [0.25, 0.3) is 0 Å². The van der Waals surface area contributed by atoms with Crippen LogP contribution in [0.1, 0.15) is 38.3 Å². The summed E-state index contributed by atoms with van der Waals surface area (Å²) in [7, 11) is 0. The van der Waals surface area contributed by atoms with Crippen LogP contribution in [0.15, 0.2) is 18.2 Å². The standard InChI is InChI=1S/C16H26N2/c1-5-14-8-6-7-13(4)16(14)17-15-9-10-18(11-15)12(2)3/h6-8,12,15,17H,5,9-11H2,1-4H3. The van der Waals surface area contributed by atoms with Crippen molar-refractivity contribution in [2.24, 2.45) is 0 Å². The zero-order valence-electron chi connectivity index (χ0n) is 12.2. The molecule has 0 spiro atoms. The van der Waals surface area contributed by atoms with Crippen molar-refractivity contribution < 1.29 is 0 Å². The third kappa shape index (κ3) is 2.86. The van der Waals surface area contributed by atoms with Crippen molar-refractivity contribution in [3.05, 3.63) is 29.3 Å². The third-order valence-corrected chi connectivity index (χ3v) is 4.04. The molecular formula is C16H26N2. The number of nitrogens with one attached hydrogen (secondary N) is 1. The zero-order valence-corrected chi connectivity index (χ0v) is 12.2. The molecule has 18 heavy (non-hydrogen) atoms. The van der Waals surface area contributed by atoms with Crippen molar-refractivity contribution in [2.45, 2.75) is 52.6 Å². The van der Waals surface area contributed by atoms with E-state index in [-0.39, 0.29) is 0 Å². The Morgan fingerprint density at radius 3 is 2.78 bits per heavy atom. The molecule has 1 unspecified atom stereocenters. The molecule has 0 bridgehead atoms. The van der Waals surface area contributed by atoms with Crippen LogP contribution in [0.3, 0.4) is 0 Å². The largest absolute Gasteiger partial charge is 0.381 e. The summed E-state index contributed by atoms with van der Waals surface area (Å²) in [4.78, 5) is 2.56. The van der Waals surface area contributed by atoms with Gasteiger partial charge in [-0.25, -0.2) is 0 Å². The van der Waals surface area contributed by atoms with E-state index >= 15 is 0 Å². The summed E-state index contributed by atoms with van der Waals surface area (Å²) in [5.41, 5.74) is 4.19. The average molecular weight is 246 g/mol. The lowest BCUT2D eigenvalue weighted by Crippen LogP contribution is -2.31. The Morgan fingerprint density at radius 2 is 2.17 bits per heavy atom. The van der Waals surface area contributed by atoms with Gasteiger partial charge in [0, 0.05) is 30.9 Å². The van der Waals surface area contributed by atoms with E-state index in [0.717, 1.165) is 6.42 Å². The Morgan fingerprint density at radius 1 is 1.39 bits per heavy atom. The van der Waals surface area contributed by atoms with Gasteiger partial charge in [0.15, 0.2) is 0 Å². The molecule has 1 aromatic rings. The van der Waals surface area contributed by atoms with Crippen LogP contribution in [-0.4, -0.2) is 30.1 Å². The van der Waals surface area contributed by atoms with Gasteiger partial charge in [-0.2, -0.15) is 0 Å². The number of nitrogens with zero attached hydrogens (tertiary/aromatic N) is 1. The van der Waals surface area contributed by atoms with E-state index in [1.54, 1.807) is 0 Å². The fourth-order valence-electron chi connectivity index (χ4n) is 2.81. The molecule has 1 atom stereocenters. The quantitative estimate of drug-likeness (QED) is 0.875. The minimum absolute atomic E-state index is 0.610. The molecule has 2 rings (SSSR count). The van der Waals surface area contributed by atoms with E-state index in [2.05, 4.69) is 56.1 Å². The van der Waals surface area contributed by atoms with Gasteiger partial charge in [-0.1, -0.05) is 25.1 Å². The highest BCUT2D eigenvalue weighted by molar-refractivity contribution is 5.58. The first kappa shape index (κ1) is 13.4. The molecule has 2 heteroatoms. The number of hydrogen-bond acceptors (Lipinski definition) is 2. The Hall–Kier alpha value is -1.02. The number of rotatable bonds is 4. The summed E-state index contributed by atoms with van der Waals surface area (Å²) in [5, 5.41) is 3.77. The molecular weight excluding hydrogens is 220 g/mol. The maximum absolute atomic E-state index is 3.77. The van der Waals surface area contributed by atoms with Crippen LogP contribution in [0.5, 0.6) is 0 Å². The first-order valence-electron chi connectivity index (χ1n) is 7.21. The average Bonchev–Trinajstić information content (AvgIpc) is 2.80. The first-order valence-corrected chi connectivity index (χ1v) is 7.21. The molecule has 0 aromatic heterocycles. The summed E-state index contributed by atoms with van der Waals surface area (Å²) < 4.78 is 0. The van der Waals surface area contributed by atoms with Crippen molar-refractivity contribution in [1.82, 2.24) is 4.90 Å². The van der Waals surface area contributed by atoms with Gasteiger partial charge in [0.05, 0.1) is 0 Å². The first-order chi connectivity index (χ1) is 8.61. The van der Waals surface area contributed by atoms with Crippen LogP contribution >= 0.6 is 0 Å². The summed E-state index contributed by atoms with van der Waals surface area (Å²) >= 11 is 0. The van der Waals surface area contributed by atoms with Gasteiger partial charge in [0.1, 0.15) is 0 Å². The molecule has 1 aliphatic heterocycles.